The lowest BCUT2D eigenvalue weighted by Gasteiger charge is -2.20. The maximum atomic E-state index is 2.43. The molecular formula is C36H20. The molecule has 9 aromatic carbocycles. The van der Waals surface area contributed by atoms with E-state index in [1.807, 2.05) is 0 Å². The van der Waals surface area contributed by atoms with E-state index in [4.69, 9.17) is 0 Å². The van der Waals surface area contributed by atoms with Crippen molar-refractivity contribution in [2.24, 2.45) is 0 Å². The summed E-state index contributed by atoms with van der Waals surface area (Å²) >= 11 is 0. The summed E-state index contributed by atoms with van der Waals surface area (Å²) in [6.45, 7) is 0. The second-order valence-corrected chi connectivity index (χ2v) is 10.1. The lowest BCUT2D eigenvalue weighted by molar-refractivity contribution is 1.79. The van der Waals surface area contributed by atoms with E-state index in [1.54, 1.807) is 0 Å². The molecule has 0 aliphatic carbocycles. The number of fused-ring (bicyclic) bond motifs is 10. The molecule has 0 fully saturated rings. The molecule has 0 unspecified atom stereocenters. The van der Waals surface area contributed by atoms with Crippen molar-refractivity contribution in [2.75, 3.05) is 0 Å². The smallest absolute Gasteiger partial charge is 0.00134 e. The van der Waals surface area contributed by atoms with Gasteiger partial charge in [0.05, 0.1) is 0 Å². The van der Waals surface area contributed by atoms with Gasteiger partial charge in [0.2, 0.25) is 0 Å². The molecule has 0 heteroatoms. The molecule has 0 aliphatic rings. The highest BCUT2D eigenvalue weighted by Gasteiger charge is 2.19. The van der Waals surface area contributed by atoms with E-state index in [-0.39, 0.29) is 0 Å². The minimum Gasteiger partial charge on any atom is -0.0616 e. The minimum absolute atomic E-state index is 1.30. The summed E-state index contributed by atoms with van der Waals surface area (Å²) in [5, 5.41) is 21.4. The molecule has 0 nitrogen and oxygen atoms in total. The highest BCUT2D eigenvalue weighted by Crippen LogP contribution is 2.48. The van der Waals surface area contributed by atoms with E-state index in [2.05, 4.69) is 121 Å². The number of hydrogen-bond acceptors (Lipinski definition) is 0. The van der Waals surface area contributed by atoms with Crippen molar-refractivity contribution in [2.45, 2.75) is 0 Å². The summed E-state index contributed by atoms with van der Waals surface area (Å²) < 4.78 is 0. The fourth-order valence-corrected chi connectivity index (χ4v) is 6.82. The maximum Gasteiger partial charge on any atom is -0.00134 e. The van der Waals surface area contributed by atoms with Crippen LogP contribution < -0.4 is 0 Å². The Morgan fingerprint density at radius 3 is 0.722 bits per heavy atom. The van der Waals surface area contributed by atoms with Gasteiger partial charge in [0.15, 0.2) is 0 Å². The quantitative estimate of drug-likeness (QED) is 0.159. The minimum atomic E-state index is 1.30. The lowest BCUT2D eigenvalue weighted by atomic mass is 9.83. The first-order chi connectivity index (χ1) is 17.9. The van der Waals surface area contributed by atoms with E-state index in [0.29, 0.717) is 0 Å². The largest absolute Gasteiger partial charge is 0.0616 e. The monoisotopic (exact) mass is 452 g/mol. The molecule has 0 N–H and O–H groups in total. The summed E-state index contributed by atoms with van der Waals surface area (Å²) in [5.74, 6) is 0. The van der Waals surface area contributed by atoms with Crippen LogP contribution in [0.25, 0.3) is 86.2 Å². The van der Waals surface area contributed by atoms with Crippen LogP contribution in [0.5, 0.6) is 0 Å². The van der Waals surface area contributed by atoms with Gasteiger partial charge in [-0.05, 0) is 110 Å². The third-order valence-corrected chi connectivity index (χ3v) is 8.28. The maximum absolute atomic E-state index is 2.43. The van der Waals surface area contributed by atoms with E-state index in [0.717, 1.165) is 0 Å². The molecule has 0 spiro atoms. The van der Waals surface area contributed by atoms with Gasteiger partial charge in [-0.3, -0.25) is 0 Å². The van der Waals surface area contributed by atoms with Crippen LogP contribution in [-0.2, 0) is 0 Å². The van der Waals surface area contributed by atoms with Crippen molar-refractivity contribution in [3.05, 3.63) is 121 Å². The zero-order valence-electron chi connectivity index (χ0n) is 19.5. The van der Waals surface area contributed by atoms with Gasteiger partial charge in [0.25, 0.3) is 0 Å². The summed E-state index contributed by atoms with van der Waals surface area (Å²) in [7, 11) is 0. The van der Waals surface area contributed by atoms with Crippen molar-refractivity contribution in [3.8, 4) is 0 Å². The zero-order chi connectivity index (χ0) is 23.4. The third kappa shape index (κ3) is 2.20. The Morgan fingerprint density at radius 1 is 0.222 bits per heavy atom. The van der Waals surface area contributed by atoms with Crippen LogP contribution in [0.1, 0.15) is 0 Å². The average molecular weight is 453 g/mol. The Balaban J connectivity index is 1.75. The molecule has 36 heavy (non-hydrogen) atoms. The molecule has 0 amide bonds. The van der Waals surface area contributed by atoms with Crippen LogP contribution in [0, 0.1) is 0 Å². The summed E-state index contributed by atoms with van der Waals surface area (Å²) in [5.41, 5.74) is 0. The highest BCUT2D eigenvalue weighted by atomic mass is 14.2. The highest BCUT2D eigenvalue weighted by molar-refractivity contribution is 6.44. The molecule has 9 aromatic rings. The van der Waals surface area contributed by atoms with E-state index in [1.165, 1.54) is 86.2 Å². The predicted octanol–water partition coefficient (Wildman–Crippen LogP) is 10.3. The average Bonchev–Trinajstić information content (AvgIpc) is 2.94. The fraction of sp³-hybridized carbons (Fsp3) is 0. The first kappa shape index (κ1) is 18.6. The van der Waals surface area contributed by atoms with Crippen LogP contribution in [0.15, 0.2) is 121 Å². The van der Waals surface area contributed by atoms with Gasteiger partial charge in [-0.15, -0.1) is 0 Å². The van der Waals surface area contributed by atoms with Crippen LogP contribution in [0.2, 0.25) is 0 Å². The topological polar surface area (TPSA) is 0 Å². The fourth-order valence-electron chi connectivity index (χ4n) is 6.82. The second kappa shape index (κ2) is 6.50. The van der Waals surface area contributed by atoms with E-state index >= 15 is 0 Å². The van der Waals surface area contributed by atoms with Gasteiger partial charge in [-0.25, -0.2) is 0 Å². The van der Waals surface area contributed by atoms with Gasteiger partial charge in [0, 0.05) is 0 Å². The first-order valence-corrected chi connectivity index (χ1v) is 12.6. The van der Waals surface area contributed by atoms with Crippen molar-refractivity contribution >= 4 is 86.2 Å². The van der Waals surface area contributed by atoms with Crippen molar-refractivity contribution < 1.29 is 0 Å². The number of rotatable bonds is 0. The van der Waals surface area contributed by atoms with E-state index in [9.17, 15) is 0 Å². The standard InChI is InChI=1S/C36H20/c1-5-13-25-21(9-1)17-29-30-18-23-11-3-7-15-27(23)34-28-16-8-4-12-24(28)20-32(36(30)34)31-19-22-10-2-6-14-26(22)33(25)35(29)31/h1-20H. The predicted molar refractivity (Wildman–Crippen MR) is 158 cm³/mol. The molecule has 0 heterocycles. The number of benzene rings is 9. The van der Waals surface area contributed by atoms with E-state index < -0.39 is 0 Å². The molecule has 9 rings (SSSR count). The Morgan fingerprint density at radius 2 is 0.444 bits per heavy atom. The molecule has 0 saturated carbocycles. The summed E-state index contributed by atoms with van der Waals surface area (Å²) in [6, 6.07) is 45.2. The van der Waals surface area contributed by atoms with Crippen LogP contribution in [-0.4, -0.2) is 0 Å². The molecule has 0 bridgehead atoms. The van der Waals surface area contributed by atoms with Gasteiger partial charge >= 0.3 is 0 Å². The van der Waals surface area contributed by atoms with Gasteiger partial charge in [0.1, 0.15) is 0 Å². The Hall–Kier alpha value is -4.68. The molecular weight excluding hydrogens is 432 g/mol. The molecule has 0 aliphatic heterocycles. The van der Waals surface area contributed by atoms with Crippen molar-refractivity contribution in [1.82, 2.24) is 0 Å². The van der Waals surface area contributed by atoms with Crippen LogP contribution in [0.4, 0.5) is 0 Å². The SMILES string of the molecule is c1ccc2c(c1)cc1c3cc4ccccc4c4c5ccccc5cc(c5cc6ccccc6c2c15)c34. The van der Waals surface area contributed by atoms with Gasteiger partial charge in [-0.1, -0.05) is 97.1 Å². The normalized spacial score (nSPS) is 12.4. The summed E-state index contributed by atoms with van der Waals surface area (Å²) in [4.78, 5) is 0. The first-order valence-electron chi connectivity index (χ1n) is 12.6. The zero-order valence-corrected chi connectivity index (χ0v) is 19.5. The second-order valence-electron chi connectivity index (χ2n) is 10.1. The van der Waals surface area contributed by atoms with Gasteiger partial charge < -0.3 is 0 Å². The Kier molecular flexibility index (Phi) is 3.36. The van der Waals surface area contributed by atoms with Crippen LogP contribution >= 0.6 is 0 Å². The van der Waals surface area contributed by atoms with Crippen molar-refractivity contribution in [1.29, 1.82) is 0 Å². The Bertz CT molecular complexity index is 2030. The number of hydrogen-bond donors (Lipinski definition) is 0. The van der Waals surface area contributed by atoms with Gasteiger partial charge in [-0.2, -0.15) is 0 Å². The molecule has 0 radical (unpaired) electrons. The molecule has 0 atom stereocenters. The molecule has 0 aromatic heterocycles. The third-order valence-electron chi connectivity index (χ3n) is 8.28. The Labute approximate surface area is 207 Å². The van der Waals surface area contributed by atoms with Crippen molar-refractivity contribution in [3.63, 3.8) is 0 Å². The molecule has 0 saturated heterocycles. The van der Waals surface area contributed by atoms with Crippen LogP contribution in [0.3, 0.4) is 0 Å². The molecule has 164 valence electrons. The lowest BCUT2D eigenvalue weighted by Crippen LogP contribution is -1.91. The summed E-state index contributed by atoms with van der Waals surface area (Å²) in [6.07, 6.45) is 0.